The number of halogens is 1. The number of fused-ring (bicyclic) bond motifs is 1. The van der Waals surface area contributed by atoms with Gasteiger partial charge in [0.05, 0.1) is 5.92 Å². The molecule has 1 aromatic rings. The first-order chi connectivity index (χ1) is 7.11. The molecule has 1 unspecified atom stereocenters. The van der Waals surface area contributed by atoms with Crippen LogP contribution in [0.25, 0.3) is 0 Å². The number of rotatable bonds is 1. The Morgan fingerprint density at radius 2 is 2.33 bits per heavy atom. The van der Waals surface area contributed by atoms with Crippen LogP contribution < -0.4 is 5.32 Å². The molecule has 0 amide bonds. The van der Waals surface area contributed by atoms with Crippen molar-refractivity contribution in [1.29, 1.82) is 0 Å². The maximum Gasteiger partial charge on any atom is 0.311 e. The normalized spacial score (nSPS) is 19.2. The Bertz CT molecular complexity index is 417. The van der Waals surface area contributed by atoms with Gasteiger partial charge < -0.3 is 10.4 Å². The number of benzene rings is 1. The minimum atomic E-state index is -0.844. The summed E-state index contributed by atoms with van der Waals surface area (Å²) in [5, 5.41) is 12.1. The highest BCUT2D eigenvalue weighted by molar-refractivity contribution is 5.80. The van der Waals surface area contributed by atoms with Gasteiger partial charge in [0, 0.05) is 17.8 Å². The van der Waals surface area contributed by atoms with E-state index >= 15 is 0 Å². The van der Waals surface area contributed by atoms with Crippen LogP contribution in [0.3, 0.4) is 0 Å². The molecule has 1 aromatic carbocycles. The van der Waals surface area contributed by atoms with Crippen molar-refractivity contribution in [2.75, 3.05) is 11.9 Å². The summed E-state index contributed by atoms with van der Waals surface area (Å²) in [6, 6.07) is 2.89. The molecule has 1 atom stereocenters. The topological polar surface area (TPSA) is 49.3 Å². The van der Waals surface area contributed by atoms with Crippen LogP contribution in [0.4, 0.5) is 10.1 Å². The predicted octanol–water partition coefficient (Wildman–Crippen LogP) is 2.12. The molecule has 0 radical (unpaired) electrons. The molecule has 3 nitrogen and oxygen atoms in total. The maximum absolute atomic E-state index is 13.2. The molecule has 0 aromatic heterocycles. The highest BCUT2D eigenvalue weighted by Crippen LogP contribution is 2.34. The lowest BCUT2D eigenvalue weighted by Gasteiger charge is -2.25. The van der Waals surface area contributed by atoms with E-state index < -0.39 is 11.9 Å². The van der Waals surface area contributed by atoms with Gasteiger partial charge in [-0.25, -0.2) is 4.39 Å². The van der Waals surface area contributed by atoms with Crippen LogP contribution in [-0.4, -0.2) is 17.6 Å². The molecule has 1 aliphatic heterocycles. The van der Waals surface area contributed by atoms with Gasteiger partial charge in [-0.05, 0) is 25.0 Å². The molecule has 2 N–H and O–H groups in total. The molecule has 0 bridgehead atoms. The van der Waals surface area contributed by atoms with Gasteiger partial charge in [-0.1, -0.05) is 6.07 Å². The van der Waals surface area contributed by atoms with Gasteiger partial charge in [-0.3, -0.25) is 4.79 Å². The van der Waals surface area contributed by atoms with Crippen LogP contribution in [0.2, 0.25) is 0 Å². The van der Waals surface area contributed by atoms with Gasteiger partial charge in [-0.2, -0.15) is 0 Å². The molecule has 1 aliphatic rings. The summed E-state index contributed by atoms with van der Waals surface area (Å²) in [6.45, 7) is 2.24. The maximum atomic E-state index is 13.2. The molecule has 1 heterocycles. The minimum Gasteiger partial charge on any atom is -0.481 e. The van der Waals surface area contributed by atoms with Crippen molar-refractivity contribution in [1.82, 2.24) is 0 Å². The van der Waals surface area contributed by atoms with E-state index in [1.54, 1.807) is 13.0 Å². The zero-order valence-corrected chi connectivity index (χ0v) is 8.38. The molecule has 0 saturated heterocycles. The Hall–Kier alpha value is -1.58. The first-order valence-corrected chi connectivity index (χ1v) is 4.87. The second kappa shape index (κ2) is 3.53. The van der Waals surface area contributed by atoms with E-state index in [1.807, 2.05) is 0 Å². The zero-order valence-electron chi connectivity index (χ0n) is 8.38. The van der Waals surface area contributed by atoms with Crippen LogP contribution >= 0.6 is 0 Å². The number of carboxylic acids is 1. The molecule has 0 spiro atoms. The Kier molecular flexibility index (Phi) is 2.34. The van der Waals surface area contributed by atoms with Crippen LogP contribution in [0.5, 0.6) is 0 Å². The summed E-state index contributed by atoms with van der Waals surface area (Å²) in [4.78, 5) is 11.0. The fourth-order valence-corrected chi connectivity index (χ4v) is 1.99. The van der Waals surface area contributed by atoms with Crippen LogP contribution in [-0.2, 0) is 4.79 Å². The summed E-state index contributed by atoms with van der Waals surface area (Å²) < 4.78 is 13.2. The Balaban J connectivity index is 2.54. The molecular weight excluding hydrogens is 197 g/mol. The van der Waals surface area contributed by atoms with Crippen molar-refractivity contribution in [2.45, 2.75) is 19.3 Å². The number of aliphatic carboxylic acids is 1. The van der Waals surface area contributed by atoms with E-state index in [0.29, 0.717) is 29.8 Å². The summed E-state index contributed by atoms with van der Waals surface area (Å²) >= 11 is 0. The first kappa shape index (κ1) is 9.96. The van der Waals surface area contributed by atoms with E-state index in [9.17, 15) is 9.18 Å². The quantitative estimate of drug-likeness (QED) is 0.744. The number of carbonyl (C=O) groups is 1. The molecule has 0 saturated carbocycles. The van der Waals surface area contributed by atoms with Gasteiger partial charge in [0.1, 0.15) is 5.82 Å². The third-order valence-corrected chi connectivity index (χ3v) is 2.84. The van der Waals surface area contributed by atoms with E-state index in [2.05, 4.69) is 5.32 Å². The van der Waals surface area contributed by atoms with Gasteiger partial charge in [0.2, 0.25) is 0 Å². The molecule has 0 fully saturated rings. The lowest BCUT2D eigenvalue weighted by molar-refractivity contribution is -0.138. The Morgan fingerprint density at radius 1 is 1.60 bits per heavy atom. The predicted molar refractivity (Wildman–Crippen MR) is 54.6 cm³/mol. The molecule has 80 valence electrons. The van der Waals surface area contributed by atoms with Crippen molar-refractivity contribution >= 4 is 11.7 Å². The number of hydrogen-bond acceptors (Lipinski definition) is 2. The van der Waals surface area contributed by atoms with E-state index in [1.165, 1.54) is 6.07 Å². The van der Waals surface area contributed by atoms with Gasteiger partial charge in [0.15, 0.2) is 0 Å². The smallest absolute Gasteiger partial charge is 0.311 e. The monoisotopic (exact) mass is 209 g/mol. The average molecular weight is 209 g/mol. The minimum absolute atomic E-state index is 0.299. The van der Waals surface area contributed by atoms with Crippen molar-refractivity contribution in [2.24, 2.45) is 0 Å². The summed E-state index contributed by atoms with van der Waals surface area (Å²) in [6.07, 6.45) is 0.549. The summed E-state index contributed by atoms with van der Waals surface area (Å²) in [5.41, 5.74) is 1.83. The molecular formula is C11H12FNO2. The highest BCUT2D eigenvalue weighted by atomic mass is 19.1. The molecule has 0 aliphatic carbocycles. The number of nitrogens with one attached hydrogen (secondary N) is 1. The van der Waals surface area contributed by atoms with Crippen LogP contribution in [0.15, 0.2) is 12.1 Å². The zero-order chi connectivity index (χ0) is 11.0. The SMILES string of the molecule is Cc1c(F)ccc2c1NCCC2C(=O)O. The summed E-state index contributed by atoms with van der Waals surface area (Å²) in [5.74, 6) is -1.66. The third-order valence-electron chi connectivity index (χ3n) is 2.84. The number of anilines is 1. The average Bonchev–Trinajstić information content (AvgIpc) is 2.23. The third kappa shape index (κ3) is 1.56. The second-order valence-electron chi connectivity index (χ2n) is 3.74. The van der Waals surface area contributed by atoms with E-state index in [0.717, 1.165) is 0 Å². The van der Waals surface area contributed by atoms with Crippen molar-refractivity contribution in [3.63, 3.8) is 0 Å². The van der Waals surface area contributed by atoms with E-state index in [4.69, 9.17) is 5.11 Å². The second-order valence-corrected chi connectivity index (χ2v) is 3.74. The van der Waals surface area contributed by atoms with Crippen molar-refractivity contribution < 1.29 is 14.3 Å². The highest BCUT2D eigenvalue weighted by Gasteiger charge is 2.27. The fourth-order valence-electron chi connectivity index (χ4n) is 1.99. The van der Waals surface area contributed by atoms with E-state index in [-0.39, 0.29) is 5.82 Å². The standard InChI is InChI=1S/C11H12FNO2/c1-6-9(12)3-2-7-8(11(14)15)4-5-13-10(6)7/h2-3,8,13H,4-5H2,1H3,(H,14,15). The lowest BCUT2D eigenvalue weighted by atomic mass is 9.89. The van der Waals surface area contributed by atoms with Crippen molar-refractivity contribution in [3.05, 3.63) is 29.1 Å². The molecule has 4 heteroatoms. The largest absolute Gasteiger partial charge is 0.481 e. The molecule has 2 rings (SSSR count). The Labute approximate surface area is 86.9 Å². The van der Waals surface area contributed by atoms with Gasteiger partial charge in [-0.15, -0.1) is 0 Å². The van der Waals surface area contributed by atoms with Crippen LogP contribution in [0.1, 0.15) is 23.5 Å². The fraction of sp³-hybridized carbons (Fsp3) is 0.364. The lowest BCUT2D eigenvalue weighted by Crippen LogP contribution is -2.23. The Morgan fingerprint density at radius 3 is 3.00 bits per heavy atom. The molecule has 15 heavy (non-hydrogen) atoms. The van der Waals surface area contributed by atoms with Crippen molar-refractivity contribution in [3.8, 4) is 0 Å². The number of carboxylic acid groups (broad SMARTS) is 1. The number of hydrogen-bond donors (Lipinski definition) is 2. The first-order valence-electron chi connectivity index (χ1n) is 4.87. The van der Waals surface area contributed by atoms with Gasteiger partial charge >= 0.3 is 5.97 Å². The summed E-state index contributed by atoms with van der Waals surface area (Å²) in [7, 11) is 0. The van der Waals surface area contributed by atoms with Gasteiger partial charge in [0.25, 0.3) is 0 Å². The van der Waals surface area contributed by atoms with Crippen LogP contribution in [0, 0.1) is 12.7 Å².